The standard InChI is InChI=1S/C16H22N2O2.C2H6.CH4N2/c1-2-13-7-9-14(10-8-13)5-4-12-18-15(16(19)20)6-3-11-17;1-2;2-1-3/h4-5,7-10,12,15H,2-3,6,11,17H2,1H3,(H,19,20);1-2H3;1H,(H3,2,3)/b5-4+,18-12?;;. The number of carbonyl (C=O) groups is 1. The van der Waals surface area contributed by atoms with Crippen LogP contribution >= 0.6 is 0 Å². The summed E-state index contributed by atoms with van der Waals surface area (Å²) in [5.41, 5.74) is 12.1. The lowest BCUT2D eigenvalue weighted by Gasteiger charge is -2.04. The number of nitrogens with zero attached hydrogens (tertiary/aromatic N) is 1. The summed E-state index contributed by atoms with van der Waals surface area (Å²) in [7, 11) is 0. The quantitative estimate of drug-likeness (QED) is 0.425. The molecular weight excluding hydrogens is 316 g/mol. The molecule has 1 aromatic carbocycles. The van der Waals surface area contributed by atoms with Gasteiger partial charge < -0.3 is 16.6 Å². The van der Waals surface area contributed by atoms with Crippen LogP contribution in [0.25, 0.3) is 6.08 Å². The third-order valence-electron chi connectivity index (χ3n) is 3.00. The van der Waals surface area contributed by atoms with Crippen LogP contribution < -0.4 is 11.5 Å². The van der Waals surface area contributed by atoms with Gasteiger partial charge in [0.25, 0.3) is 0 Å². The van der Waals surface area contributed by atoms with Crippen LogP contribution in [-0.2, 0) is 11.2 Å². The molecule has 0 aliphatic carbocycles. The predicted octanol–water partition coefficient (Wildman–Crippen LogP) is 3.10. The van der Waals surface area contributed by atoms with Gasteiger partial charge in [-0.05, 0) is 43.0 Å². The highest BCUT2D eigenvalue weighted by atomic mass is 16.4. The van der Waals surface area contributed by atoms with E-state index in [4.69, 9.17) is 16.2 Å². The van der Waals surface area contributed by atoms with Crippen LogP contribution in [0.3, 0.4) is 0 Å². The Morgan fingerprint density at radius 1 is 1.32 bits per heavy atom. The van der Waals surface area contributed by atoms with Crippen molar-refractivity contribution in [2.75, 3.05) is 6.54 Å². The van der Waals surface area contributed by atoms with Gasteiger partial charge in [-0.2, -0.15) is 0 Å². The first-order valence-electron chi connectivity index (χ1n) is 8.51. The average Bonchev–Trinajstić information content (AvgIpc) is 2.63. The second kappa shape index (κ2) is 17.9. The molecule has 1 atom stereocenters. The molecule has 0 bridgehead atoms. The Morgan fingerprint density at radius 3 is 2.32 bits per heavy atom. The van der Waals surface area contributed by atoms with Gasteiger partial charge in [0.1, 0.15) is 6.04 Å². The molecule has 0 saturated carbocycles. The zero-order valence-corrected chi connectivity index (χ0v) is 15.5. The van der Waals surface area contributed by atoms with E-state index < -0.39 is 12.0 Å². The van der Waals surface area contributed by atoms with Crippen LogP contribution in [0.2, 0.25) is 0 Å². The van der Waals surface area contributed by atoms with Gasteiger partial charge >= 0.3 is 5.97 Å². The number of rotatable bonds is 8. The number of aliphatic carboxylic acids is 1. The molecular formula is C19H32N4O2. The molecule has 1 unspecified atom stereocenters. The second-order valence-corrected chi connectivity index (χ2v) is 4.70. The molecule has 6 heteroatoms. The van der Waals surface area contributed by atoms with E-state index in [1.807, 2.05) is 32.1 Å². The smallest absolute Gasteiger partial charge is 0.328 e. The van der Waals surface area contributed by atoms with E-state index in [1.54, 1.807) is 12.3 Å². The van der Waals surface area contributed by atoms with Crippen molar-refractivity contribution in [3.05, 3.63) is 41.5 Å². The molecule has 140 valence electrons. The molecule has 0 heterocycles. The zero-order chi connectivity index (χ0) is 19.5. The van der Waals surface area contributed by atoms with Crippen molar-refractivity contribution >= 4 is 24.6 Å². The van der Waals surface area contributed by atoms with Crippen molar-refractivity contribution < 1.29 is 9.90 Å². The largest absolute Gasteiger partial charge is 0.480 e. The van der Waals surface area contributed by atoms with E-state index in [9.17, 15) is 4.79 Å². The van der Waals surface area contributed by atoms with Gasteiger partial charge in [-0.25, -0.2) is 4.79 Å². The summed E-state index contributed by atoms with van der Waals surface area (Å²) in [4.78, 5) is 15.0. The third kappa shape index (κ3) is 13.6. The fraction of sp³-hybridized carbons (Fsp3) is 0.421. The molecule has 1 rings (SSSR count). The van der Waals surface area contributed by atoms with Crippen molar-refractivity contribution in [1.29, 1.82) is 5.41 Å². The van der Waals surface area contributed by atoms with E-state index in [2.05, 4.69) is 29.8 Å². The highest BCUT2D eigenvalue weighted by molar-refractivity contribution is 5.82. The summed E-state index contributed by atoms with van der Waals surface area (Å²) >= 11 is 0. The molecule has 0 spiro atoms. The fourth-order valence-corrected chi connectivity index (χ4v) is 1.75. The number of hydrogen-bond donors (Lipinski definition) is 4. The summed E-state index contributed by atoms with van der Waals surface area (Å²) in [6.45, 7) is 6.60. The summed E-state index contributed by atoms with van der Waals surface area (Å²) in [6.07, 6.45) is 8.12. The van der Waals surface area contributed by atoms with E-state index >= 15 is 0 Å². The number of aryl methyl sites for hydroxylation is 1. The summed E-state index contributed by atoms with van der Waals surface area (Å²) in [5.74, 6) is -0.907. The van der Waals surface area contributed by atoms with Gasteiger partial charge in [0.05, 0.1) is 6.34 Å². The van der Waals surface area contributed by atoms with Crippen molar-refractivity contribution in [2.45, 2.75) is 46.1 Å². The third-order valence-corrected chi connectivity index (χ3v) is 3.00. The molecule has 0 amide bonds. The monoisotopic (exact) mass is 348 g/mol. The average molecular weight is 348 g/mol. The second-order valence-electron chi connectivity index (χ2n) is 4.70. The number of aliphatic imine (C=N–C) groups is 1. The molecule has 6 N–H and O–H groups in total. The van der Waals surface area contributed by atoms with E-state index in [0.717, 1.165) is 18.3 Å². The number of benzene rings is 1. The minimum Gasteiger partial charge on any atom is -0.480 e. The Balaban J connectivity index is 0. The first-order valence-corrected chi connectivity index (χ1v) is 8.51. The Bertz CT molecular complexity index is 511. The lowest BCUT2D eigenvalue weighted by molar-refractivity contribution is -0.138. The number of carboxylic acid groups (broad SMARTS) is 1. The molecule has 0 saturated heterocycles. The Labute approximate surface area is 151 Å². The highest BCUT2D eigenvalue weighted by Crippen LogP contribution is 2.06. The summed E-state index contributed by atoms with van der Waals surface area (Å²) in [5, 5.41) is 14.9. The number of allylic oxidation sites excluding steroid dienone is 1. The van der Waals surface area contributed by atoms with E-state index in [1.165, 1.54) is 5.56 Å². The summed E-state index contributed by atoms with van der Waals surface area (Å²) in [6, 6.07) is 7.53. The van der Waals surface area contributed by atoms with Gasteiger partial charge in [0.15, 0.2) is 0 Å². The highest BCUT2D eigenvalue weighted by Gasteiger charge is 2.13. The number of nitrogens with two attached hydrogens (primary N) is 2. The SMILES string of the molecule is CC.CCc1ccc(/C=C/C=NC(CCCN)C(=O)O)cc1.N=CN. The molecule has 0 aliphatic heterocycles. The van der Waals surface area contributed by atoms with Crippen molar-refractivity contribution in [1.82, 2.24) is 0 Å². The molecule has 0 fully saturated rings. The molecule has 6 nitrogen and oxygen atoms in total. The van der Waals surface area contributed by atoms with Crippen molar-refractivity contribution in [3.63, 3.8) is 0 Å². The topological polar surface area (TPSA) is 126 Å². The first-order chi connectivity index (χ1) is 12.1. The maximum absolute atomic E-state index is 11.0. The fourth-order valence-electron chi connectivity index (χ4n) is 1.75. The van der Waals surface area contributed by atoms with Crippen LogP contribution in [0, 0.1) is 5.41 Å². The van der Waals surface area contributed by atoms with Crippen LogP contribution in [0.5, 0.6) is 0 Å². The lowest BCUT2D eigenvalue weighted by atomic mass is 10.1. The maximum Gasteiger partial charge on any atom is 0.328 e. The Hall–Kier alpha value is -2.47. The van der Waals surface area contributed by atoms with Gasteiger partial charge in [0.2, 0.25) is 0 Å². The Kier molecular flexibility index (Phi) is 17.7. The number of nitrogens with one attached hydrogen (secondary N) is 1. The van der Waals surface area contributed by atoms with Crippen molar-refractivity contribution in [3.8, 4) is 0 Å². The first kappa shape index (κ1) is 24.8. The van der Waals surface area contributed by atoms with Crippen LogP contribution in [-0.4, -0.2) is 36.2 Å². The minimum atomic E-state index is -0.907. The van der Waals surface area contributed by atoms with Crippen LogP contribution in [0.4, 0.5) is 0 Å². The molecule has 1 aromatic rings. The van der Waals surface area contributed by atoms with E-state index in [-0.39, 0.29) is 0 Å². The molecule has 0 aromatic heterocycles. The molecule has 0 radical (unpaired) electrons. The molecule has 25 heavy (non-hydrogen) atoms. The Morgan fingerprint density at radius 2 is 1.88 bits per heavy atom. The van der Waals surface area contributed by atoms with Gasteiger partial charge in [-0.3, -0.25) is 10.4 Å². The predicted molar refractivity (Wildman–Crippen MR) is 107 cm³/mol. The van der Waals surface area contributed by atoms with Crippen molar-refractivity contribution in [2.24, 2.45) is 16.5 Å². The lowest BCUT2D eigenvalue weighted by Crippen LogP contribution is -2.19. The normalized spacial score (nSPS) is 11.2. The number of carboxylic acids is 1. The van der Waals surface area contributed by atoms with E-state index in [0.29, 0.717) is 19.4 Å². The molecule has 0 aliphatic rings. The van der Waals surface area contributed by atoms with Gasteiger partial charge in [-0.15, -0.1) is 0 Å². The maximum atomic E-state index is 11.0. The zero-order valence-electron chi connectivity index (χ0n) is 15.5. The van der Waals surface area contributed by atoms with Gasteiger partial charge in [-0.1, -0.05) is 51.1 Å². The summed E-state index contributed by atoms with van der Waals surface area (Å²) < 4.78 is 0. The van der Waals surface area contributed by atoms with Crippen LogP contribution in [0.15, 0.2) is 35.3 Å². The van der Waals surface area contributed by atoms with Gasteiger partial charge in [0, 0.05) is 6.21 Å². The number of hydrogen-bond acceptors (Lipinski definition) is 4. The minimum absolute atomic E-state index is 0.474. The van der Waals surface area contributed by atoms with Crippen LogP contribution in [0.1, 0.15) is 44.7 Å².